The first-order valence-corrected chi connectivity index (χ1v) is 11.4. The number of rotatable bonds is 7. The molecule has 8 heteroatoms. The zero-order valence-electron chi connectivity index (χ0n) is 16.1. The molecule has 1 amide bonds. The third-order valence-electron chi connectivity index (χ3n) is 5.19. The van der Waals surface area contributed by atoms with Crippen molar-refractivity contribution >= 4 is 15.9 Å². The number of fused-ring (bicyclic) bond motifs is 2. The Hall–Kier alpha value is -1.80. The van der Waals surface area contributed by atoms with Crippen LogP contribution < -0.4 is 14.8 Å². The molecule has 0 spiro atoms. The van der Waals surface area contributed by atoms with E-state index in [4.69, 9.17) is 9.47 Å². The molecule has 150 valence electrons. The fourth-order valence-corrected chi connectivity index (χ4v) is 5.72. The highest BCUT2D eigenvalue weighted by Gasteiger charge is 2.45. The van der Waals surface area contributed by atoms with Crippen molar-refractivity contribution in [2.45, 2.75) is 57.7 Å². The largest absolute Gasteiger partial charge is 0.490 e. The topological polar surface area (TPSA) is 84.9 Å². The van der Waals surface area contributed by atoms with Gasteiger partial charge in [-0.1, -0.05) is 0 Å². The molecule has 27 heavy (non-hydrogen) atoms. The fourth-order valence-electron chi connectivity index (χ4n) is 4.25. The van der Waals surface area contributed by atoms with Gasteiger partial charge in [-0.15, -0.1) is 0 Å². The van der Waals surface area contributed by atoms with Gasteiger partial charge in [0.1, 0.15) is 0 Å². The minimum atomic E-state index is -3.20. The van der Waals surface area contributed by atoms with Crippen molar-refractivity contribution in [3.05, 3.63) is 23.8 Å². The van der Waals surface area contributed by atoms with Gasteiger partial charge in [-0.2, -0.15) is 4.31 Å². The molecule has 0 saturated carbocycles. The van der Waals surface area contributed by atoms with Crippen LogP contribution in [-0.4, -0.2) is 56.2 Å². The summed E-state index contributed by atoms with van der Waals surface area (Å²) in [5.74, 6) is 1.01. The summed E-state index contributed by atoms with van der Waals surface area (Å²) in [5.41, 5.74) is 0.514. The van der Waals surface area contributed by atoms with Crippen LogP contribution in [0.1, 0.15) is 49.9 Å². The first kappa shape index (κ1) is 19.9. The van der Waals surface area contributed by atoms with E-state index in [0.717, 1.165) is 12.8 Å². The van der Waals surface area contributed by atoms with Crippen molar-refractivity contribution < 1.29 is 22.7 Å². The SMILES string of the molecule is CCOc1ccc(C(=O)NC2CC3CCC(C2)N3S(C)(=O)=O)cc1OCC. The van der Waals surface area contributed by atoms with Gasteiger partial charge in [0.2, 0.25) is 10.0 Å². The maximum atomic E-state index is 12.7. The van der Waals surface area contributed by atoms with Crippen molar-refractivity contribution in [2.24, 2.45) is 0 Å². The van der Waals surface area contributed by atoms with Crippen LogP contribution in [0, 0.1) is 0 Å². The molecule has 2 unspecified atom stereocenters. The van der Waals surface area contributed by atoms with E-state index < -0.39 is 10.0 Å². The maximum absolute atomic E-state index is 12.7. The lowest BCUT2D eigenvalue weighted by atomic mass is 9.99. The summed E-state index contributed by atoms with van der Waals surface area (Å²) < 4.78 is 36.8. The Labute approximate surface area is 161 Å². The van der Waals surface area contributed by atoms with Gasteiger partial charge in [-0.05, 0) is 57.7 Å². The molecular formula is C19H28N2O5S. The third kappa shape index (κ3) is 4.38. The second-order valence-corrected chi connectivity index (χ2v) is 9.03. The highest BCUT2D eigenvalue weighted by molar-refractivity contribution is 7.88. The maximum Gasteiger partial charge on any atom is 0.251 e. The van der Waals surface area contributed by atoms with Gasteiger partial charge in [0.15, 0.2) is 11.5 Å². The van der Waals surface area contributed by atoms with Crippen molar-refractivity contribution in [1.29, 1.82) is 0 Å². The van der Waals surface area contributed by atoms with Crippen molar-refractivity contribution in [1.82, 2.24) is 9.62 Å². The molecular weight excluding hydrogens is 368 g/mol. The highest BCUT2D eigenvalue weighted by atomic mass is 32.2. The van der Waals surface area contributed by atoms with Crippen LogP contribution in [0.2, 0.25) is 0 Å². The van der Waals surface area contributed by atoms with E-state index in [0.29, 0.717) is 43.1 Å². The Morgan fingerprint density at radius 2 is 1.70 bits per heavy atom. The number of carbonyl (C=O) groups is 1. The van der Waals surface area contributed by atoms with Crippen LogP contribution in [-0.2, 0) is 10.0 Å². The predicted molar refractivity (Wildman–Crippen MR) is 103 cm³/mol. The first-order chi connectivity index (χ1) is 12.8. The van der Waals surface area contributed by atoms with E-state index in [1.807, 2.05) is 13.8 Å². The molecule has 2 heterocycles. The highest BCUT2D eigenvalue weighted by Crippen LogP contribution is 2.37. The molecule has 0 aromatic heterocycles. The van der Waals surface area contributed by atoms with Crippen LogP contribution >= 0.6 is 0 Å². The Bertz CT molecular complexity index is 781. The smallest absolute Gasteiger partial charge is 0.251 e. The zero-order valence-corrected chi connectivity index (χ0v) is 16.9. The van der Waals surface area contributed by atoms with E-state index >= 15 is 0 Å². The molecule has 7 nitrogen and oxygen atoms in total. The van der Waals surface area contributed by atoms with Crippen LogP contribution in [0.5, 0.6) is 11.5 Å². The van der Waals surface area contributed by atoms with Crippen molar-refractivity contribution in [2.75, 3.05) is 19.5 Å². The number of nitrogens with zero attached hydrogens (tertiary/aromatic N) is 1. The van der Waals surface area contributed by atoms with Crippen LogP contribution in [0.25, 0.3) is 0 Å². The number of benzene rings is 1. The number of sulfonamides is 1. The summed E-state index contributed by atoms with van der Waals surface area (Å²) in [7, 11) is -3.20. The molecule has 1 aromatic rings. The Morgan fingerprint density at radius 3 is 2.26 bits per heavy atom. The van der Waals surface area contributed by atoms with E-state index in [1.54, 1.807) is 22.5 Å². The van der Waals surface area contributed by atoms with Gasteiger partial charge in [0, 0.05) is 23.7 Å². The molecule has 1 aromatic carbocycles. The molecule has 2 saturated heterocycles. The lowest BCUT2D eigenvalue weighted by molar-refractivity contribution is 0.0909. The second-order valence-electron chi connectivity index (χ2n) is 7.15. The first-order valence-electron chi connectivity index (χ1n) is 9.52. The number of hydrogen-bond acceptors (Lipinski definition) is 5. The van der Waals surface area contributed by atoms with Crippen LogP contribution in [0.15, 0.2) is 18.2 Å². The number of carbonyl (C=O) groups excluding carboxylic acids is 1. The van der Waals surface area contributed by atoms with Gasteiger partial charge in [-0.3, -0.25) is 4.79 Å². The Kier molecular flexibility index (Phi) is 5.95. The van der Waals surface area contributed by atoms with Gasteiger partial charge in [0.25, 0.3) is 5.91 Å². The molecule has 2 bridgehead atoms. The number of ether oxygens (including phenoxy) is 2. The lowest BCUT2D eigenvalue weighted by Crippen LogP contribution is -2.52. The predicted octanol–water partition coefficient (Wildman–Crippen LogP) is 2.17. The molecule has 2 aliphatic rings. The summed E-state index contributed by atoms with van der Waals surface area (Å²) in [4.78, 5) is 12.7. The van der Waals surface area contributed by atoms with Gasteiger partial charge in [0.05, 0.1) is 19.5 Å². The minimum absolute atomic E-state index is 0.0108. The molecule has 2 fully saturated rings. The summed E-state index contributed by atoms with van der Waals surface area (Å²) in [6.45, 7) is 4.78. The molecule has 3 rings (SSSR count). The third-order valence-corrected chi connectivity index (χ3v) is 6.55. The molecule has 2 aliphatic heterocycles. The normalized spacial score (nSPS) is 25.2. The van der Waals surface area contributed by atoms with Crippen molar-refractivity contribution in [3.63, 3.8) is 0 Å². The zero-order chi connectivity index (χ0) is 19.6. The quantitative estimate of drug-likeness (QED) is 0.763. The lowest BCUT2D eigenvalue weighted by Gasteiger charge is -2.37. The molecule has 1 N–H and O–H groups in total. The Morgan fingerprint density at radius 1 is 1.11 bits per heavy atom. The van der Waals surface area contributed by atoms with E-state index in [2.05, 4.69) is 5.32 Å². The molecule has 2 atom stereocenters. The van der Waals surface area contributed by atoms with Gasteiger partial charge < -0.3 is 14.8 Å². The number of piperidine rings is 1. The van der Waals surface area contributed by atoms with E-state index in [1.165, 1.54) is 6.26 Å². The van der Waals surface area contributed by atoms with E-state index in [-0.39, 0.29) is 24.0 Å². The fraction of sp³-hybridized carbons (Fsp3) is 0.632. The number of hydrogen-bond donors (Lipinski definition) is 1. The minimum Gasteiger partial charge on any atom is -0.490 e. The van der Waals surface area contributed by atoms with Gasteiger partial charge >= 0.3 is 0 Å². The summed E-state index contributed by atoms with van der Waals surface area (Å²) >= 11 is 0. The van der Waals surface area contributed by atoms with Crippen molar-refractivity contribution in [3.8, 4) is 11.5 Å². The monoisotopic (exact) mass is 396 g/mol. The number of amides is 1. The van der Waals surface area contributed by atoms with Crippen LogP contribution in [0.4, 0.5) is 0 Å². The summed E-state index contributed by atoms with van der Waals surface area (Å²) in [6, 6.07) is 5.13. The Balaban J connectivity index is 1.69. The molecule has 0 radical (unpaired) electrons. The number of nitrogens with one attached hydrogen (secondary N) is 1. The summed E-state index contributed by atoms with van der Waals surface area (Å²) in [5, 5.41) is 3.07. The summed E-state index contributed by atoms with van der Waals surface area (Å²) in [6.07, 6.45) is 4.31. The molecule has 0 aliphatic carbocycles. The second kappa shape index (κ2) is 8.06. The van der Waals surface area contributed by atoms with E-state index in [9.17, 15) is 13.2 Å². The average molecular weight is 397 g/mol. The van der Waals surface area contributed by atoms with Gasteiger partial charge in [-0.25, -0.2) is 8.42 Å². The van der Waals surface area contributed by atoms with Crippen LogP contribution in [0.3, 0.4) is 0 Å². The standard InChI is InChI=1S/C19H28N2O5S/c1-4-25-17-9-6-13(10-18(17)26-5-2)19(22)20-14-11-15-7-8-16(12-14)21(15)27(3,23)24/h6,9-10,14-16H,4-5,7-8,11-12H2,1-3H3,(H,20,22). The average Bonchev–Trinajstić information content (AvgIpc) is 2.89.